The molecule has 3 rings (SSSR count). The van der Waals surface area contributed by atoms with E-state index in [1.54, 1.807) is 26.0 Å². The van der Waals surface area contributed by atoms with Gasteiger partial charge < -0.3 is 10.2 Å². The monoisotopic (exact) mass is 499 g/mol. The second-order valence-electron chi connectivity index (χ2n) is 8.24. The van der Waals surface area contributed by atoms with Crippen LogP contribution in [-0.2, 0) is 26.2 Å². The molecule has 7 nitrogen and oxygen atoms in total. The van der Waals surface area contributed by atoms with Gasteiger partial charge in [-0.2, -0.15) is 4.31 Å². The average Bonchev–Trinajstić information content (AvgIpc) is 2.84. The molecule has 35 heavy (non-hydrogen) atoms. The molecule has 9 heteroatoms. The molecule has 0 fully saturated rings. The van der Waals surface area contributed by atoms with Crippen LogP contribution in [0.1, 0.15) is 25.8 Å². The first-order valence-corrected chi connectivity index (χ1v) is 12.9. The summed E-state index contributed by atoms with van der Waals surface area (Å²) in [4.78, 5) is 27.5. The van der Waals surface area contributed by atoms with Gasteiger partial charge in [-0.3, -0.25) is 9.59 Å². The number of likely N-dealkylation sites (N-methyl/N-ethyl adjacent to an activating group) is 2. The second kappa shape index (κ2) is 11.4. The zero-order valence-corrected chi connectivity index (χ0v) is 20.9. The van der Waals surface area contributed by atoms with Crippen molar-refractivity contribution in [3.05, 3.63) is 78.1 Å². The molecular formula is C26H30FN3O4S. The van der Waals surface area contributed by atoms with Gasteiger partial charge in [-0.25, -0.2) is 12.8 Å². The molecule has 1 atom stereocenters. The molecule has 0 aliphatic heterocycles. The summed E-state index contributed by atoms with van der Waals surface area (Å²) in [6.45, 7) is 3.54. The lowest BCUT2D eigenvalue weighted by atomic mass is 10.1. The maximum atomic E-state index is 13.4. The number of carbonyl (C=O) groups is 2. The van der Waals surface area contributed by atoms with Crippen LogP contribution >= 0.6 is 0 Å². The number of halogens is 1. The average molecular weight is 500 g/mol. The van der Waals surface area contributed by atoms with Crippen LogP contribution in [0.2, 0.25) is 0 Å². The van der Waals surface area contributed by atoms with Gasteiger partial charge in [-0.15, -0.1) is 0 Å². The minimum absolute atomic E-state index is 0.0403. The summed E-state index contributed by atoms with van der Waals surface area (Å²) in [5, 5.41) is 4.41. The van der Waals surface area contributed by atoms with E-state index in [4.69, 9.17) is 0 Å². The Balaban J connectivity index is 1.87. The number of fused-ring (bicyclic) bond motifs is 1. The van der Waals surface area contributed by atoms with Gasteiger partial charge in [0.15, 0.2) is 0 Å². The lowest BCUT2D eigenvalue weighted by Crippen LogP contribution is -2.51. The molecule has 0 radical (unpaired) electrons. The lowest BCUT2D eigenvalue weighted by molar-refractivity contribution is -0.141. The Bertz CT molecular complexity index is 1300. The van der Waals surface area contributed by atoms with Crippen molar-refractivity contribution in [1.29, 1.82) is 0 Å². The number of hydrogen-bond acceptors (Lipinski definition) is 4. The summed E-state index contributed by atoms with van der Waals surface area (Å²) in [5.74, 6) is -1.27. The van der Waals surface area contributed by atoms with E-state index in [9.17, 15) is 22.4 Å². The van der Waals surface area contributed by atoms with Gasteiger partial charge in [-0.05, 0) is 53.9 Å². The number of hydrogen-bond donors (Lipinski definition) is 1. The van der Waals surface area contributed by atoms with Crippen LogP contribution in [0.15, 0.2) is 71.6 Å². The third kappa shape index (κ3) is 6.23. The highest BCUT2D eigenvalue weighted by atomic mass is 32.2. The molecule has 0 unspecified atom stereocenters. The van der Waals surface area contributed by atoms with E-state index in [0.29, 0.717) is 18.5 Å². The fourth-order valence-corrected chi connectivity index (χ4v) is 5.03. The zero-order chi connectivity index (χ0) is 25.6. The summed E-state index contributed by atoms with van der Waals surface area (Å²) in [7, 11) is -2.63. The van der Waals surface area contributed by atoms with Crippen molar-refractivity contribution < 1.29 is 22.4 Å². The van der Waals surface area contributed by atoms with E-state index in [-0.39, 0.29) is 17.3 Å². The molecule has 0 saturated heterocycles. The summed E-state index contributed by atoms with van der Waals surface area (Å²) < 4.78 is 40.8. The van der Waals surface area contributed by atoms with Crippen LogP contribution in [0.5, 0.6) is 0 Å². The third-order valence-corrected chi connectivity index (χ3v) is 7.59. The molecule has 0 aromatic heterocycles. The van der Waals surface area contributed by atoms with Crippen molar-refractivity contribution in [3.63, 3.8) is 0 Å². The highest BCUT2D eigenvalue weighted by molar-refractivity contribution is 7.89. The van der Waals surface area contributed by atoms with Gasteiger partial charge >= 0.3 is 0 Å². The number of benzene rings is 3. The maximum absolute atomic E-state index is 13.4. The van der Waals surface area contributed by atoms with Gasteiger partial charge in [0.05, 0.1) is 11.4 Å². The smallest absolute Gasteiger partial charge is 0.243 e. The molecule has 0 saturated carbocycles. The number of sulfonamides is 1. The van der Waals surface area contributed by atoms with Gasteiger partial charge in [0.2, 0.25) is 21.8 Å². The van der Waals surface area contributed by atoms with E-state index in [1.165, 1.54) is 42.3 Å². The summed E-state index contributed by atoms with van der Waals surface area (Å²) in [5.41, 5.74) is 0.627. The highest BCUT2D eigenvalue weighted by Gasteiger charge is 2.31. The molecule has 0 aliphatic rings. The number of amides is 2. The van der Waals surface area contributed by atoms with Gasteiger partial charge in [0, 0.05) is 20.1 Å². The van der Waals surface area contributed by atoms with Crippen LogP contribution in [0.4, 0.5) is 4.39 Å². The van der Waals surface area contributed by atoms with E-state index in [0.717, 1.165) is 15.1 Å². The van der Waals surface area contributed by atoms with E-state index < -0.39 is 34.3 Å². The van der Waals surface area contributed by atoms with Crippen molar-refractivity contribution in [2.24, 2.45) is 0 Å². The molecule has 0 heterocycles. The SMILES string of the molecule is CCNC(=O)[C@@H](CC)N(Cc1ccc(F)cc1)C(=O)CN(C)S(=O)(=O)c1ccc2ccccc2c1. The normalized spacial score (nSPS) is 12.5. The van der Waals surface area contributed by atoms with Crippen molar-refractivity contribution in [2.45, 2.75) is 37.8 Å². The Labute approximate surface area is 205 Å². The van der Waals surface area contributed by atoms with Gasteiger partial charge in [0.25, 0.3) is 0 Å². The predicted molar refractivity (Wildman–Crippen MR) is 133 cm³/mol. The number of nitrogens with one attached hydrogen (secondary N) is 1. The maximum Gasteiger partial charge on any atom is 0.243 e. The van der Waals surface area contributed by atoms with Gasteiger partial charge in [0.1, 0.15) is 11.9 Å². The van der Waals surface area contributed by atoms with Crippen molar-refractivity contribution >= 4 is 32.6 Å². The first-order chi connectivity index (χ1) is 16.7. The van der Waals surface area contributed by atoms with Crippen molar-refractivity contribution in [2.75, 3.05) is 20.1 Å². The Kier molecular flexibility index (Phi) is 8.58. The minimum Gasteiger partial charge on any atom is -0.355 e. The molecule has 2 amide bonds. The second-order valence-corrected chi connectivity index (χ2v) is 10.3. The first kappa shape index (κ1) is 26.3. The number of nitrogens with zero attached hydrogens (tertiary/aromatic N) is 2. The quantitative estimate of drug-likeness (QED) is 0.462. The molecule has 0 spiro atoms. The minimum atomic E-state index is -3.96. The Morgan fingerprint density at radius 2 is 1.63 bits per heavy atom. The molecule has 0 bridgehead atoms. The standard InChI is InChI=1S/C26H30FN3O4S/c1-4-24(26(32)28-5-2)30(17-19-10-13-22(27)14-11-19)25(31)18-29(3)35(33,34)23-15-12-20-8-6-7-9-21(20)16-23/h6-16,24H,4-5,17-18H2,1-3H3,(H,28,32)/t24-/m1/s1. The van der Waals surface area contributed by atoms with Gasteiger partial charge in [-0.1, -0.05) is 49.4 Å². The molecular weight excluding hydrogens is 469 g/mol. The summed E-state index contributed by atoms with van der Waals surface area (Å²) in [6.07, 6.45) is 0.333. The van der Waals surface area contributed by atoms with Crippen LogP contribution in [0, 0.1) is 5.82 Å². The van der Waals surface area contributed by atoms with Crippen molar-refractivity contribution in [3.8, 4) is 0 Å². The Hall–Kier alpha value is -3.30. The lowest BCUT2D eigenvalue weighted by Gasteiger charge is -2.31. The molecule has 3 aromatic carbocycles. The van der Waals surface area contributed by atoms with E-state index in [1.807, 2.05) is 24.3 Å². The Morgan fingerprint density at radius 3 is 2.26 bits per heavy atom. The molecule has 1 N–H and O–H groups in total. The van der Waals surface area contributed by atoms with E-state index >= 15 is 0 Å². The van der Waals surface area contributed by atoms with E-state index in [2.05, 4.69) is 5.32 Å². The molecule has 3 aromatic rings. The summed E-state index contributed by atoms with van der Waals surface area (Å²) >= 11 is 0. The van der Waals surface area contributed by atoms with Crippen molar-refractivity contribution in [1.82, 2.24) is 14.5 Å². The van der Waals surface area contributed by atoms with Crippen LogP contribution < -0.4 is 5.32 Å². The number of rotatable bonds is 10. The summed E-state index contributed by atoms with van der Waals surface area (Å²) in [6, 6.07) is 17.0. The number of carbonyl (C=O) groups excluding carboxylic acids is 2. The fraction of sp³-hybridized carbons (Fsp3) is 0.308. The zero-order valence-electron chi connectivity index (χ0n) is 20.1. The molecule has 0 aliphatic carbocycles. The van der Waals surface area contributed by atoms with Crippen LogP contribution in [0.25, 0.3) is 10.8 Å². The van der Waals surface area contributed by atoms with Crippen LogP contribution in [0.3, 0.4) is 0 Å². The topological polar surface area (TPSA) is 86.8 Å². The highest BCUT2D eigenvalue weighted by Crippen LogP contribution is 2.22. The Morgan fingerprint density at radius 1 is 0.971 bits per heavy atom. The fourth-order valence-electron chi connectivity index (χ4n) is 3.87. The molecule has 186 valence electrons. The predicted octanol–water partition coefficient (Wildman–Crippen LogP) is 3.54. The van der Waals surface area contributed by atoms with Crippen LogP contribution in [-0.4, -0.2) is 55.6 Å². The first-order valence-electron chi connectivity index (χ1n) is 11.4. The largest absolute Gasteiger partial charge is 0.355 e. The third-order valence-electron chi connectivity index (χ3n) is 5.79.